The van der Waals surface area contributed by atoms with Crippen molar-refractivity contribution in [1.82, 2.24) is 14.5 Å². The number of nitrogens with zero attached hydrogens (tertiary/aromatic N) is 3. The van der Waals surface area contributed by atoms with E-state index >= 15 is 0 Å². The van der Waals surface area contributed by atoms with Crippen LogP contribution in [0.4, 0.5) is 5.69 Å². The van der Waals surface area contributed by atoms with Gasteiger partial charge in [-0.25, -0.2) is 9.97 Å². The highest BCUT2D eigenvalue weighted by atomic mass is 32.1. The Bertz CT molecular complexity index is 1220. The minimum absolute atomic E-state index is 0.259. The summed E-state index contributed by atoms with van der Waals surface area (Å²) >= 11 is 1.59. The second-order valence-electron chi connectivity index (χ2n) is 7.15. The highest BCUT2D eigenvalue weighted by Gasteiger charge is 2.07. The maximum absolute atomic E-state index is 12.6. The SMILES string of the molecule is Cc1nc(COc2ccccc2/C=C/C(=O)Nc2ccccc2OCCn2ccnc2)cs1. The van der Waals surface area contributed by atoms with E-state index in [9.17, 15) is 4.79 Å². The fourth-order valence-corrected chi connectivity index (χ4v) is 3.69. The van der Waals surface area contributed by atoms with Crippen LogP contribution >= 0.6 is 11.3 Å². The molecule has 7 nitrogen and oxygen atoms in total. The number of hydrogen-bond donors (Lipinski definition) is 1. The minimum atomic E-state index is -0.259. The number of carbonyl (C=O) groups excluding carboxylic acids is 1. The van der Waals surface area contributed by atoms with Crippen LogP contribution in [0.5, 0.6) is 11.5 Å². The maximum Gasteiger partial charge on any atom is 0.248 e. The van der Waals surface area contributed by atoms with Gasteiger partial charge in [0.05, 0.1) is 29.3 Å². The highest BCUT2D eigenvalue weighted by Crippen LogP contribution is 2.25. The lowest BCUT2D eigenvalue weighted by Crippen LogP contribution is -2.11. The van der Waals surface area contributed by atoms with Crippen molar-refractivity contribution in [2.45, 2.75) is 20.1 Å². The summed E-state index contributed by atoms with van der Waals surface area (Å²) in [5, 5.41) is 5.87. The molecule has 4 aromatic rings. The van der Waals surface area contributed by atoms with Crippen LogP contribution in [0.2, 0.25) is 0 Å². The lowest BCUT2D eigenvalue weighted by atomic mass is 10.2. The van der Waals surface area contributed by atoms with Crippen LogP contribution < -0.4 is 14.8 Å². The summed E-state index contributed by atoms with van der Waals surface area (Å²) in [5.74, 6) is 1.04. The van der Waals surface area contributed by atoms with Gasteiger partial charge in [-0.15, -0.1) is 11.3 Å². The summed E-state index contributed by atoms with van der Waals surface area (Å²) in [7, 11) is 0. The van der Waals surface area contributed by atoms with Gasteiger partial charge in [0, 0.05) is 29.4 Å². The molecule has 4 rings (SSSR count). The van der Waals surface area contributed by atoms with Gasteiger partial charge in [0.2, 0.25) is 5.91 Å². The molecule has 0 aliphatic heterocycles. The largest absolute Gasteiger partial charge is 0.490 e. The molecule has 0 bridgehead atoms. The molecule has 0 saturated heterocycles. The number of imidazole rings is 1. The Hall–Kier alpha value is -3.91. The normalized spacial score (nSPS) is 10.9. The fraction of sp³-hybridized carbons (Fsp3) is 0.160. The number of aryl methyl sites for hydroxylation is 1. The first-order valence-electron chi connectivity index (χ1n) is 10.5. The van der Waals surface area contributed by atoms with Crippen LogP contribution in [-0.2, 0) is 17.9 Å². The predicted octanol–water partition coefficient (Wildman–Crippen LogP) is 4.96. The minimum Gasteiger partial charge on any atom is -0.490 e. The molecule has 0 fully saturated rings. The number of ether oxygens (including phenoxy) is 2. The van der Waals surface area contributed by atoms with Crippen LogP contribution in [0.3, 0.4) is 0 Å². The van der Waals surface area contributed by atoms with Crippen LogP contribution in [0, 0.1) is 6.92 Å². The molecule has 0 atom stereocenters. The summed E-state index contributed by atoms with van der Waals surface area (Å²) in [4.78, 5) is 21.0. The monoisotopic (exact) mass is 460 g/mol. The lowest BCUT2D eigenvalue weighted by Gasteiger charge is -2.12. The summed E-state index contributed by atoms with van der Waals surface area (Å²) < 4.78 is 13.7. The van der Waals surface area contributed by atoms with Crippen molar-refractivity contribution in [3.05, 3.63) is 95.0 Å². The van der Waals surface area contributed by atoms with Crippen LogP contribution in [-0.4, -0.2) is 27.0 Å². The van der Waals surface area contributed by atoms with Gasteiger partial charge in [-0.05, 0) is 31.2 Å². The van der Waals surface area contributed by atoms with E-state index in [1.165, 1.54) is 6.08 Å². The molecule has 33 heavy (non-hydrogen) atoms. The standard InChI is InChI=1S/C25H24N4O3S/c1-19-27-21(17-33-19)16-32-23-8-4-2-6-20(23)10-11-25(30)28-22-7-3-5-9-24(22)31-15-14-29-13-12-26-18-29/h2-13,17-18H,14-16H2,1H3,(H,28,30)/b11-10+. The average Bonchev–Trinajstić information content (AvgIpc) is 3.49. The Kier molecular flexibility index (Phi) is 7.50. The third kappa shape index (κ3) is 6.54. The Labute approximate surface area is 196 Å². The van der Waals surface area contributed by atoms with Crippen molar-refractivity contribution >= 4 is 29.0 Å². The zero-order valence-electron chi connectivity index (χ0n) is 18.2. The Morgan fingerprint density at radius 2 is 1.94 bits per heavy atom. The first kappa shape index (κ1) is 22.3. The van der Waals surface area contributed by atoms with Crippen LogP contribution in [0.15, 0.2) is 78.7 Å². The molecule has 0 unspecified atom stereocenters. The molecule has 168 valence electrons. The van der Waals surface area contributed by atoms with Gasteiger partial charge >= 0.3 is 0 Å². The number of nitrogens with one attached hydrogen (secondary N) is 1. The topological polar surface area (TPSA) is 78.3 Å². The summed E-state index contributed by atoms with van der Waals surface area (Å²) in [6.45, 7) is 3.47. The van der Waals surface area contributed by atoms with E-state index in [0.717, 1.165) is 16.3 Å². The Balaban J connectivity index is 1.35. The fourth-order valence-electron chi connectivity index (χ4n) is 3.09. The number of rotatable bonds is 10. The molecule has 2 aromatic heterocycles. The van der Waals surface area contributed by atoms with Crippen molar-refractivity contribution in [3.63, 3.8) is 0 Å². The number of benzene rings is 2. The number of carbonyl (C=O) groups is 1. The van der Waals surface area contributed by atoms with Gasteiger partial charge in [-0.2, -0.15) is 0 Å². The number of thiazole rings is 1. The van der Waals surface area contributed by atoms with Crippen molar-refractivity contribution < 1.29 is 14.3 Å². The highest BCUT2D eigenvalue weighted by molar-refractivity contribution is 7.09. The average molecular weight is 461 g/mol. The molecule has 0 aliphatic rings. The van der Waals surface area contributed by atoms with Crippen molar-refractivity contribution in [2.24, 2.45) is 0 Å². The van der Waals surface area contributed by atoms with E-state index in [-0.39, 0.29) is 5.91 Å². The molecule has 0 saturated carbocycles. The quantitative estimate of drug-likeness (QED) is 0.339. The zero-order chi connectivity index (χ0) is 22.9. The molecule has 1 N–H and O–H groups in total. The van der Waals surface area contributed by atoms with Gasteiger partial charge in [0.25, 0.3) is 0 Å². The first-order chi connectivity index (χ1) is 16.2. The predicted molar refractivity (Wildman–Crippen MR) is 129 cm³/mol. The molecule has 0 aliphatic carbocycles. The van der Waals surface area contributed by atoms with Crippen LogP contribution in [0.1, 0.15) is 16.3 Å². The van der Waals surface area contributed by atoms with E-state index < -0.39 is 0 Å². The first-order valence-corrected chi connectivity index (χ1v) is 11.3. The van der Waals surface area contributed by atoms with E-state index in [1.54, 1.807) is 29.9 Å². The lowest BCUT2D eigenvalue weighted by molar-refractivity contribution is -0.111. The van der Waals surface area contributed by atoms with Gasteiger partial charge < -0.3 is 19.4 Å². The zero-order valence-corrected chi connectivity index (χ0v) is 19.0. The van der Waals surface area contributed by atoms with Gasteiger partial charge in [-0.3, -0.25) is 4.79 Å². The van der Waals surface area contributed by atoms with Gasteiger partial charge in [-0.1, -0.05) is 30.3 Å². The number of para-hydroxylation sites is 3. The summed E-state index contributed by atoms with van der Waals surface area (Å²) in [6.07, 6.45) is 8.56. The summed E-state index contributed by atoms with van der Waals surface area (Å²) in [6, 6.07) is 14.9. The van der Waals surface area contributed by atoms with Crippen molar-refractivity contribution in [2.75, 3.05) is 11.9 Å². The Morgan fingerprint density at radius 3 is 2.73 bits per heavy atom. The molecule has 8 heteroatoms. The van der Waals surface area contributed by atoms with Crippen molar-refractivity contribution in [3.8, 4) is 11.5 Å². The Morgan fingerprint density at radius 1 is 1.12 bits per heavy atom. The van der Waals surface area contributed by atoms with Crippen molar-refractivity contribution in [1.29, 1.82) is 0 Å². The molecular weight excluding hydrogens is 436 g/mol. The van der Waals surface area contributed by atoms with Gasteiger partial charge in [0.15, 0.2) is 0 Å². The maximum atomic E-state index is 12.6. The van der Waals surface area contributed by atoms with E-state index in [4.69, 9.17) is 9.47 Å². The third-order valence-electron chi connectivity index (χ3n) is 4.69. The van der Waals surface area contributed by atoms with E-state index in [1.807, 2.05) is 71.6 Å². The van der Waals surface area contributed by atoms with E-state index in [2.05, 4.69) is 15.3 Å². The second kappa shape index (κ2) is 11.1. The van der Waals surface area contributed by atoms with Crippen LogP contribution in [0.25, 0.3) is 6.08 Å². The second-order valence-corrected chi connectivity index (χ2v) is 8.21. The smallest absolute Gasteiger partial charge is 0.248 e. The number of aromatic nitrogens is 3. The van der Waals surface area contributed by atoms with Gasteiger partial charge in [0.1, 0.15) is 24.7 Å². The molecule has 2 heterocycles. The molecule has 2 aromatic carbocycles. The molecule has 0 spiro atoms. The number of amides is 1. The summed E-state index contributed by atoms with van der Waals surface area (Å²) in [5.41, 5.74) is 2.31. The third-order valence-corrected chi connectivity index (χ3v) is 5.51. The number of anilines is 1. The van der Waals surface area contributed by atoms with E-state index in [0.29, 0.717) is 36.9 Å². The molecule has 0 radical (unpaired) electrons. The number of hydrogen-bond acceptors (Lipinski definition) is 6. The molecular formula is C25H24N4O3S. The molecule has 1 amide bonds.